The van der Waals surface area contributed by atoms with E-state index in [9.17, 15) is 0 Å². The van der Waals surface area contributed by atoms with Gasteiger partial charge in [0.15, 0.2) is 5.82 Å². The second kappa shape index (κ2) is 4.80. The average Bonchev–Trinajstić information content (AvgIpc) is 3.02. The smallest absolute Gasteiger partial charge is 0.182 e. The summed E-state index contributed by atoms with van der Waals surface area (Å²) in [5, 5.41) is 12.4. The number of hydrogen-bond donors (Lipinski definition) is 1. The van der Waals surface area contributed by atoms with E-state index in [1.165, 1.54) is 12.8 Å². The molecule has 21 heavy (non-hydrogen) atoms. The zero-order chi connectivity index (χ0) is 14.4. The van der Waals surface area contributed by atoms with Crippen LogP contribution in [-0.4, -0.2) is 44.2 Å². The van der Waals surface area contributed by atoms with Gasteiger partial charge in [-0.05, 0) is 48.2 Å². The Morgan fingerprint density at radius 3 is 2.86 bits per heavy atom. The summed E-state index contributed by atoms with van der Waals surface area (Å²) in [4.78, 5) is 2.57. The molecule has 2 fully saturated rings. The van der Waals surface area contributed by atoms with Crippen molar-refractivity contribution < 1.29 is 0 Å². The van der Waals surface area contributed by atoms with Crippen LogP contribution in [-0.2, 0) is 0 Å². The highest BCUT2D eigenvalue weighted by molar-refractivity contribution is 5.67. The number of tetrazole rings is 1. The summed E-state index contributed by atoms with van der Waals surface area (Å²) in [6.45, 7) is 4.24. The van der Waals surface area contributed by atoms with Crippen LogP contribution in [0.2, 0.25) is 0 Å². The molecule has 2 aromatic rings. The van der Waals surface area contributed by atoms with Gasteiger partial charge in [-0.25, -0.2) is 4.68 Å². The Hall–Kier alpha value is -1.95. The molecule has 110 valence electrons. The number of nitrogens with two attached hydrogens (primary N) is 1. The molecule has 2 aliphatic rings. The lowest BCUT2D eigenvalue weighted by molar-refractivity contribution is 0.309. The van der Waals surface area contributed by atoms with Crippen molar-refractivity contribution in [3.05, 3.63) is 23.8 Å². The van der Waals surface area contributed by atoms with Crippen LogP contribution in [0, 0.1) is 6.92 Å². The molecule has 1 saturated heterocycles. The van der Waals surface area contributed by atoms with E-state index in [1.54, 1.807) is 0 Å². The second-order valence-corrected chi connectivity index (χ2v) is 6.14. The Balaban J connectivity index is 1.66. The Morgan fingerprint density at radius 2 is 2.05 bits per heavy atom. The van der Waals surface area contributed by atoms with Gasteiger partial charge in [-0.1, -0.05) is 12.1 Å². The van der Waals surface area contributed by atoms with E-state index in [0.29, 0.717) is 6.04 Å². The summed E-state index contributed by atoms with van der Waals surface area (Å²) in [6, 6.07) is 7.10. The quantitative estimate of drug-likeness (QED) is 0.867. The number of rotatable bonds is 3. The number of nitrogen functional groups attached to an aromatic ring is 1. The van der Waals surface area contributed by atoms with Crippen molar-refractivity contribution in [3.8, 4) is 11.4 Å². The first-order valence-electron chi connectivity index (χ1n) is 7.61. The monoisotopic (exact) mass is 284 g/mol. The minimum atomic E-state index is 0.372. The first kappa shape index (κ1) is 12.8. The summed E-state index contributed by atoms with van der Waals surface area (Å²) in [5.41, 5.74) is 8.88. The third kappa shape index (κ3) is 2.19. The number of nitrogens with zero attached hydrogens (tertiary/aromatic N) is 5. The SMILES string of the molecule is Cc1c(N)cccc1-c1nnnn1C1CCN(C2CC2)C1. The Bertz CT molecular complexity index is 660. The van der Waals surface area contributed by atoms with E-state index < -0.39 is 0 Å². The van der Waals surface area contributed by atoms with E-state index in [1.807, 2.05) is 29.8 Å². The first-order chi connectivity index (χ1) is 10.2. The predicted octanol–water partition coefficient (Wildman–Crippen LogP) is 1.64. The van der Waals surface area contributed by atoms with Gasteiger partial charge in [0, 0.05) is 30.4 Å². The van der Waals surface area contributed by atoms with Crippen molar-refractivity contribution in [2.45, 2.75) is 38.3 Å². The molecule has 0 bridgehead atoms. The van der Waals surface area contributed by atoms with Crippen LogP contribution in [0.4, 0.5) is 5.69 Å². The van der Waals surface area contributed by atoms with Gasteiger partial charge < -0.3 is 5.73 Å². The highest BCUT2D eigenvalue weighted by atomic mass is 15.6. The fraction of sp³-hybridized carbons (Fsp3) is 0.533. The van der Waals surface area contributed by atoms with Crippen molar-refractivity contribution in [3.63, 3.8) is 0 Å². The van der Waals surface area contributed by atoms with Gasteiger partial charge in [-0.3, -0.25) is 4.90 Å². The topological polar surface area (TPSA) is 72.9 Å². The molecule has 4 rings (SSSR count). The summed E-state index contributed by atoms with van der Waals surface area (Å²) in [6.07, 6.45) is 3.82. The largest absolute Gasteiger partial charge is 0.398 e. The summed E-state index contributed by atoms with van der Waals surface area (Å²) >= 11 is 0. The van der Waals surface area contributed by atoms with Crippen molar-refractivity contribution >= 4 is 5.69 Å². The van der Waals surface area contributed by atoms with E-state index in [4.69, 9.17) is 5.73 Å². The normalized spacial score (nSPS) is 22.8. The van der Waals surface area contributed by atoms with Gasteiger partial charge in [0.05, 0.1) is 6.04 Å². The van der Waals surface area contributed by atoms with Gasteiger partial charge in [0.1, 0.15) is 0 Å². The van der Waals surface area contributed by atoms with Gasteiger partial charge in [0.2, 0.25) is 0 Å². The number of likely N-dealkylation sites (tertiary alicyclic amines) is 1. The average molecular weight is 284 g/mol. The van der Waals surface area contributed by atoms with Crippen LogP contribution in [0.15, 0.2) is 18.2 Å². The molecule has 1 atom stereocenters. The highest BCUT2D eigenvalue weighted by Gasteiger charge is 2.36. The minimum absolute atomic E-state index is 0.372. The molecular formula is C15H20N6. The summed E-state index contributed by atoms with van der Waals surface area (Å²) < 4.78 is 1.99. The molecule has 0 amide bonds. The standard InChI is InChI=1S/C15H20N6/c1-10-13(3-2-4-14(10)16)15-17-18-19-21(15)12-7-8-20(9-12)11-5-6-11/h2-4,11-12H,5-9,16H2,1H3. The van der Waals surface area contributed by atoms with E-state index in [-0.39, 0.29) is 0 Å². The molecule has 1 aromatic heterocycles. The molecule has 2 heterocycles. The van der Waals surface area contributed by atoms with Crippen LogP contribution < -0.4 is 5.73 Å². The van der Waals surface area contributed by atoms with Crippen molar-refractivity contribution in [1.82, 2.24) is 25.1 Å². The van der Waals surface area contributed by atoms with Crippen LogP contribution >= 0.6 is 0 Å². The third-order valence-electron chi connectivity index (χ3n) is 4.71. The Morgan fingerprint density at radius 1 is 1.19 bits per heavy atom. The number of hydrogen-bond acceptors (Lipinski definition) is 5. The number of anilines is 1. The molecule has 6 nitrogen and oxygen atoms in total. The Kier molecular flexibility index (Phi) is 2.92. The lowest BCUT2D eigenvalue weighted by Gasteiger charge is -2.16. The van der Waals surface area contributed by atoms with Gasteiger partial charge in [0.25, 0.3) is 0 Å². The molecule has 1 aliphatic carbocycles. The molecule has 0 radical (unpaired) electrons. The lowest BCUT2D eigenvalue weighted by atomic mass is 10.1. The maximum Gasteiger partial charge on any atom is 0.182 e. The molecule has 2 N–H and O–H groups in total. The van der Waals surface area contributed by atoms with E-state index in [0.717, 1.165) is 48.2 Å². The highest BCUT2D eigenvalue weighted by Crippen LogP contribution is 2.35. The molecule has 0 spiro atoms. The predicted molar refractivity (Wildman–Crippen MR) is 80.7 cm³/mol. The fourth-order valence-corrected chi connectivity index (χ4v) is 3.25. The van der Waals surface area contributed by atoms with Gasteiger partial charge in [-0.2, -0.15) is 0 Å². The van der Waals surface area contributed by atoms with Crippen LogP contribution in [0.25, 0.3) is 11.4 Å². The molecular weight excluding hydrogens is 264 g/mol. The maximum atomic E-state index is 6.01. The van der Waals surface area contributed by atoms with E-state index in [2.05, 4.69) is 20.4 Å². The van der Waals surface area contributed by atoms with Crippen molar-refractivity contribution in [2.75, 3.05) is 18.8 Å². The fourth-order valence-electron chi connectivity index (χ4n) is 3.25. The second-order valence-electron chi connectivity index (χ2n) is 6.14. The van der Waals surface area contributed by atoms with Crippen LogP contribution in [0.5, 0.6) is 0 Å². The third-order valence-corrected chi connectivity index (χ3v) is 4.71. The molecule has 6 heteroatoms. The van der Waals surface area contributed by atoms with E-state index >= 15 is 0 Å². The van der Waals surface area contributed by atoms with Crippen LogP contribution in [0.3, 0.4) is 0 Å². The molecule has 1 aliphatic heterocycles. The van der Waals surface area contributed by atoms with Gasteiger partial charge in [-0.15, -0.1) is 5.10 Å². The minimum Gasteiger partial charge on any atom is -0.398 e. The number of aromatic nitrogens is 4. The zero-order valence-corrected chi connectivity index (χ0v) is 12.2. The molecule has 1 unspecified atom stereocenters. The lowest BCUT2D eigenvalue weighted by Crippen LogP contribution is -2.24. The summed E-state index contributed by atoms with van der Waals surface area (Å²) in [7, 11) is 0. The van der Waals surface area contributed by atoms with Crippen molar-refractivity contribution in [1.29, 1.82) is 0 Å². The molecule has 1 aromatic carbocycles. The zero-order valence-electron chi connectivity index (χ0n) is 12.2. The first-order valence-corrected chi connectivity index (χ1v) is 7.61. The molecule has 1 saturated carbocycles. The van der Waals surface area contributed by atoms with Crippen molar-refractivity contribution in [2.24, 2.45) is 0 Å². The summed E-state index contributed by atoms with van der Waals surface area (Å²) in [5.74, 6) is 0.836. The Labute approximate surface area is 123 Å². The number of benzene rings is 1. The maximum absolute atomic E-state index is 6.01. The van der Waals surface area contributed by atoms with Crippen LogP contribution in [0.1, 0.15) is 30.9 Å². The van der Waals surface area contributed by atoms with Gasteiger partial charge >= 0.3 is 0 Å².